The van der Waals surface area contributed by atoms with Crippen LogP contribution in [-0.2, 0) is 0 Å². The molecule has 0 amide bonds. The molecule has 5 rings (SSSR count). The van der Waals surface area contributed by atoms with Crippen LogP contribution >= 0.6 is 0 Å². The SMILES string of the molecule is CC12CCC(O)CC1=CCC1C2CCC2(C)C(O)/C(=C\c3ccc(OC(F)F)cc3)CC12. The molecule has 4 aliphatic rings. The number of hydrogen-bond acceptors (Lipinski definition) is 3. The number of aliphatic hydroxyl groups excluding tert-OH is 2. The third kappa shape index (κ3) is 3.52. The number of fused-ring (bicyclic) bond motifs is 5. The van der Waals surface area contributed by atoms with Crippen molar-refractivity contribution in [1.82, 2.24) is 0 Å². The molecule has 1 aromatic rings. The van der Waals surface area contributed by atoms with E-state index in [1.807, 2.05) is 6.08 Å². The highest BCUT2D eigenvalue weighted by Crippen LogP contribution is 2.65. The van der Waals surface area contributed by atoms with Crippen LogP contribution in [0.3, 0.4) is 0 Å². The van der Waals surface area contributed by atoms with Gasteiger partial charge in [0.1, 0.15) is 5.75 Å². The first-order chi connectivity index (χ1) is 15.2. The Morgan fingerprint density at radius 3 is 2.50 bits per heavy atom. The second kappa shape index (κ2) is 7.95. The average molecular weight is 445 g/mol. The van der Waals surface area contributed by atoms with Crippen molar-refractivity contribution in [3.8, 4) is 5.75 Å². The van der Waals surface area contributed by atoms with Crippen LogP contribution in [0.1, 0.15) is 64.4 Å². The fraction of sp³-hybridized carbons (Fsp3) is 0.630. The van der Waals surface area contributed by atoms with Crippen molar-refractivity contribution in [3.05, 3.63) is 47.1 Å². The van der Waals surface area contributed by atoms with Crippen LogP contribution < -0.4 is 4.74 Å². The molecule has 7 unspecified atom stereocenters. The van der Waals surface area contributed by atoms with Gasteiger partial charge in [-0.05, 0) is 91.4 Å². The fourth-order valence-electron chi connectivity index (χ4n) is 7.60. The Kier molecular flexibility index (Phi) is 5.49. The lowest BCUT2D eigenvalue weighted by atomic mass is 9.48. The summed E-state index contributed by atoms with van der Waals surface area (Å²) in [4.78, 5) is 0. The molecule has 1 aromatic carbocycles. The van der Waals surface area contributed by atoms with E-state index in [0.29, 0.717) is 17.8 Å². The van der Waals surface area contributed by atoms with E-state index in [9.17, 15) is 19.0 Å². The topological polar surface area (TPSA) is 49.7 Å². The summed E-state index contributed by atoms with van der Waals surface area (Å²) < 4.78 is 29.3. The Balaban J connectivity index is 1.40. The van der Waals surface area contributed by atoms with Crippen LogP contribution in [0, 0.1) is 28.6 Å². The van der Waals surface area contributed by atoms with Crippen molar-refractivity contribution in [2.45, 2.75) is 77.6 Å². The van der Waals surface area contributed by atoms with Crippen molar-refractivity contribution in [1.29, 1.82) is 0 Å². The molecule has 0 spiro atoms. The minimum Gasteiger partial charge on any atom is -0.435 e. The van der Waals surface area contributed by atoms with Gasteiger partial charge in [0.25, 0.3) is 0 Å². The molecule has 3 fully saturated rings. The van der Waals surface area contributed by atoms with Crippen LogP contribution in [0.5, 0.6) is 5.75 Å². The molecule has 0 aromatic heterocycles. The Morgan fingerprint density at radius 2 is 1.78 bits per heavy atom. The van der Waals surface area contributed by atoms with Gasteiger partial charge < -0.3 is 14.9 Å². The molecule has 3 nitrogen and oxygen atoms in total. The van der Waals surface area contributed by atoms with Crippen molar-refractivity contribution in [3.63, 3.8) is 0 Å². The molecule has 7 atom stereocenters. The van der Waals surface area contributed by atoms with E-state index in [-0.39, 0.29) is 22.7 Å². The second-order valence-electron chi connectivity index (χ2n) is 11.0. The Bertz CT molecular complexity index is 923. The van der Waals surface area contributed by atoms with E-state index < -0.39 is 12.7 Å². The van der Waals surface area contributed by atoms with E-state index in [1.54, 1.807) is 24.3 Å². The largest absolute Gasteiger partial charge is 0.435 e. The van der Waals surface area contributed by atoms with Gasteiger partial charge in [-0.2, -0.15) is 8.78 Å². The van der Waals surface area contributed by atoms with Crippen LogP contribution in [0.15, 0.2) is 41.5 Å². The van der Waals surface area contributed by atoms with Crippen LogP contribution in [-0.4, -0.2) is 29.0 Å². The van der Waals surface area contributed by atoms with Gasteiger partial charge >= 0.3 is 6.61 Å². The van der Waals surface area contributed by atoms with E-state index in [2.05, 4.69) is 24.7 Å². The van der Waals surface area contributed by atoms with Crippen molar-refractivity contribution < 1.29 is 23.7 Å². The zero-order valence-electron chi connectivity index (χ0n) is 18.9. The maximum atomic E-state index is 12.4. The molecule has 0 bridgehead atoms. The standard InChI is InChI=1S/C27H34F2O3/c1-26-11-9-19(30)15-18(26)5-8-21-22(26)10-12-27(2)23(21)14-17(24(27)31)13-16-3-6-20(7-4-16)32-25(28)29/h3-7,13,19,21-25,30-31H,8-12,14-15H2,1-2H3/b17-13-. The highest BCUT2D eigenvalue weighted by atomic mass is 19.3. The molecule has 0 heterocycles. The van der Waals surface area contributed by atoms with Crippen LogP contribution in [0.4, 0.5) is 8.78 Å². The summed E-state index contributed by atoms with van der Waals surface area (Å²) >= 11 is 0. The lowest BCUT2D eigenvalue weighted by molar-refractivity contribution is -0.0685. The van der Waals surface area contributed by atoms with E-state index in [4.69, 9.17) is 0 Å². The minimum atomic E-state index is -2.83. The van der Waals surface area contributed by atoms with Crippen LogP contribution in [0.25, 0.3) is 6.08 Å². The third-order valence-electron chi connectivity index (χ3n) is 9.40. The summed E-state index contributed by atoms with van der Waals surface area (Å²) in [7, 11) is 0. The predicted molar refractivity (Wildman–Crippen MR) is 120 cm³/mol. The predicted octanol–water partition coefficient (Wildman–Crippen LogP) is 5.97. The first-order valence-electron chi connectivity index (χ1n) is 12.0. The molecule has 32 heavy (non-hydrogen) atoms. The van der Waals surface area contributed by atoms with E-state index >= 15 is 0 Å². The molecular formula is C27H34F2O3. The van der Waals surface area contributed by atoms with Gasteiger partial charge in [-0.3, -0.25) is 0 Å². The zero-order chi connectivity index (χ0) is 22.7. The number of allylic oxidation sites excluding steroid dienone is 1. The van der Waals surface area contributed by atoms with Gasteiger partial charge in [0.05, 0.1) is 12.2 Å². The maximum absolute atomic E-state index is 12.4. The number of hydrogen-bond donors (Lipinski definition) is 2. The van der Waals surface area contributed by atoms with Crippen molar-refractivity contribution in [2.75, 3.05) is 0 Å². The zero-order valence-corrected chi connectivity index (χ0v) is 18.9. The van der Waals surface area contributed by atoms with Crippen LogP contribution in [0.2, 0.25) is 0 Å². The summed E-state index contributed by atoms with van der Waals surface area (Å²) in [6, 6.07) is 6.65. The summed E-state index contributed by atoms with van der Waals surface area (Å²) in [6.45, 7) is 1.84. The van der Waals surface area contributed by atoms with Gasteiger partial charge in [0, 0.05) is 5.41 Å². The number of benzene rings is 1. The quantitative estimate of drug-likeness (QED) is 0.565. The molecule has 3 saturated carbocycles. The summed E-state index contributed by atoms with van der Waals surface area (Å²) in [5, 5.41) is 21.6. The summed E-state index contributed by atoms with van der Waals surface area (Å²) in [5.41, 5.74) is 3.47. The van der Waals surface area contributed by atoms with Gasteiger partial charge in [-0.25, -0.2) is 0 Å². The van der Waals surface area contributed by atoms with Gasteiger partial charge in [-0.1, -0.05) is 43.7 Å². The van der Waals surface area contributed by atoms with Gasteiger partial charge in [-0.15, -0.1) is 0 Å². The number of ether oxygens (including phenoxy) is 1. The minimum absolute atomic E-state index is 0.123. The van der Waals surface area contributed by atoms with E-state index in [0.717, 1.165) is 56.1 Å². The highest BCUT2D eigenvalue weighted by Gasteiger charge is 2.59. The van der Waals surface area contributed by atoms with Crippen molar-refractivity contribution in [2.24, 2.45) is 28.6 Å². The molecule has 174 valence electrons. The third-order valence-corrected chi connectivity index (χ3v) is 9.40. The van der Waals surface area contributed by atoms with Gasteiger partial charge in [0.2, 0.25) is 0 Å². The summed E-state index contributed by atoms with van der Waals surface area (Å²) in [5.74, 6) is 1.75. The smallest absolute Gasteiger partial charge is 0.387 e. The van der Waals surface area contributed by atoms with Gasteiger partial charge in [0.15, 0.2) is 0 Å². The molecule has 4 aliphatic carbocycles. The van der Waals surface area contributed by atoms with E-state index in [1.165, 1.54) is 5.57 Å². The summed E-state index contributed by atoms with van der Waals surface area (Å²) in [6.07, 6.45) is 10.6. The number of aliphatic hydroxyl groups is 2. The first-order valence-corrected chi connectivity index (χ1v) is 12.0. The lowest BCUT2D eigenvalue weighted by Crippen LogP contribution is -2.51. The second-order valence-corrected chi connectivity index (χ2v) is 11.0. The fourth-order valence-corrected chi connectivity index (χ4v) is 7.60. The van der Waals surface area contributed by atoms with Crippen molar-refractivity contribution >= 4 is 6.08 Å². The maximum Gasteiger partial charge on any atom is 0.387 e. The molecule has 0 radical (unpaired) electrons. The molecule has 5 heteroatoms. The normalized spacial score (nSPS) is 42.3. The Morgan fingerprint density at radius 1 is 1.03 bits per heavy atom. The average Bonchev–Trinajstić information content (AvgIpc) is 3.00. The first kappa shape index (κ1) is 22.1. The number of alkyl halides is 2. The monoisotopic (exact) mass is 444 g/mol. The molecule has 2 N–H and O–H groups in total. The molecular weight excluding hydrogens is 410 g/mol. The highest BCUT2D eigenvalue weighted by molar-refractivity contribution is 5.56. The Labute approximate surface area is 189 Å². The molecule has 0 saturated heterocycles. The lowest BCUT2D eigenvalue weighted by Gasteiger charge is -2.57. The molecule has 0 aliphatic heterocycles. The number of halogens is 2. The Hall–Kier alpha value is -1.72. The number of rotatable bonds is 3.